The van der Waals surface area contributed by atoms with Gasteiger partial charge >= 0.3 is 0 Å². The molecule has 0 radical (unpaired) electrons. The Morgan fingerprint density at radius 1 is 1.35 bits per heavy atom. The number of nitriles is 1. The normalized spacial score (nSPS) is 10.9. The average Bonchev–Trinajstić information content (AvgIpc) is 2.98. The Kier molecular flexibility index (Phi) is 4.35. The molecule has 2 rings (SSSR count). The first-order valence-corrected chi connectivity index (χ1v) is 6.38. The molecule has 0 bridgehead atoms. The molecule has 100 valence electrons. The molecule has 4 heteroatoms. The number of nitrogens with one attached hydrogen (secondary N) is 2. The molecule has 0 saturated heterocycles. The molecule has 0 aliphatic heterocycles. The maximum absolute atomic E-state index is 12.0. The second-order valence-electron chi connectivity index (χ2n) is 4.30. The summed E-state index contributed by atoms with van der Waals surface area (Å²) in [6, 6.07) is 13.1. The number of nitrogens with zero attached hydrogens (tertiary/aromatic N) is 1. The molecule has 1 amide bonds. The Morgan fingerprint density at radius 3 is 2.65 bits per heavy atom. The van der Waals surface area contributed by atoms with Crippen LogP contribution in [-0.2, 0) is 11.2 Å². The fraction of sp³-hybridized carbons (Fsp3) is 0.125. The Morgan fingerprint density at radius 2 is 2.10 bits per heavy atom. The molecule has 0 saturated carbocycles. The van der Waals surface area contributed by atoms with Gasteiger partial charge in [0.2, 0.25) is 0 Å². The largest absolute Gasteiger partial charge is 0.362 e. The quantitative estimate of drug-likeness (QED) is 0.658. The lowest BCUT2D eigenvalue weighted by Crippen LogP contribution is -2.13. The number of anilines is 1. The molecule has 1 aromatic heterocycles. The highest BCUT2D eigenvalue weighted by Gasteiger charge is 2.09. The van der Waals surface area contributed by atoms with Gasteiger partial charge in [-0.3, -0.25) is 4.79 Å². The van der Waals surface area contributed by atoms with E-state index in [0.717, 1.165) is 12.1 Å². The standard InChI is InChI=1S/C16H15N3O/c1-2-12-5-7-14(8-6-12)19-16(20)13(11-17)10-15-4-3-9-18-15/h3-10,18H,2H2,1H3,(H,19,20)/b13-10+. The molecule has 1 heterocycles. The van der Waals surface area contributed by atoms with E-state index in [0.29, 0.717) is 5.69 Å². The number of hydrogen-bond acceptors (Lipinski definition) is 2. The van der Waals surface area contributed by atoms with E-state index < -0.39 is 5.91 Å². The van der Waals surface area contributed by atoms with Crippen LogP contribution in [0.2, 0.25) is 0 Å². The van der Waals surface area contributed by atoms with Gasteiger partial charge in [0, 0.05) is 17.6 Å². The highest BCUT2D eigenvalue weighted by atomic mass is 16.1. The van der Waals surface area contributed by atoms with Gasteiger partial charge in [-0.25, -0.2) is 0 Å². The maximum atomic E-state index is 12.0. The Balaban J connectivity index is 2.11. The molecule has 20 heavy (non-hydrogen) atoms. The minimum absolute atomic E-state index is 0.0621. The molecule has 0 atom stereocenters. The molecule has 1 aromatic carbocycles. The first kappa shape index (κ1) is 13.6. The average molecular weight is 265 g/mol. The predicted octanol–water partition coefficient (Wildman–Crippen LogP) is 3.12. The van der Waals surface area contributed by atoms with Crippen LogP contribution >= 0.6 is 0 Å². The van der Waals surface area contributed by atoms with E-state index in [1.54, 1.807) is 12.3 Å². The SMILES string of the molecule is CCc1ccc(NC(=O)/C(C#N)=C/c2ccc[nH]2)cc1. The lowest BCUT2D eigenvalue weighted by atomic mass is 10.1. The van der Waals surface area contributed by atoms with Gasteiger partial charge in [-0.05, 0) is 42.3 Å². The highest BCUT2D eigenvalue weighted by molar-refractivity contribution is 6.09. The van der Waals surface area contributed by atoms with Gasteiger partial charge in [0.1, 0.15) is 11.6 Å². The van der Waals surface area contributed by atoms with Gasteiger partial charge in [-0.15, -0.1) is 0 Å². The van der Waals surface area contributed by atoms with E-state index in [-0.39, 0.29) is 5.57 Å². The van der Waals surface area contributed by atoms with Crippen LogP contribution < -0.4 is 5.32 Å². The number of carbonyl (C=O) groups excluding carboxylic acids is 1. The number of amides is 1. The van der Waals surface area contributed by atoms with Crippen LogP contribution in [-0.4, -0.2) is 10.9 Å². The third kappa shape index (κ3) is 3.36. The smallest absolute Gasteiger partial charge is 0.266 e. The van der Waals surface area contributed by atoms with Gasteiger partial charge in [0.15, 0.2) is 0 Å². The van der Waals surface area contributed by atoms with E-state index in [2.05, 4.69) is 17.2 Å². The van der Waals surface area contributed by atoms with E-state index >= 15 is 0 Å². The summed E-state index contributed by atoms with van der Waals surface area (Å²) in [5.74, 6) is -0.411. The molecular weight excluding hydrogens is 250 g/mol. The van der Waals surface area contributed by atoms with Crippen molar-refractivity contribution in [1.82, 2.24) is 4.98 Å². The van der Waals surface area contributed by atoms with Crippen molar-refractivity contribution in [1.29, 1.82) is 5.26 Å². The lowest BCUT2D eigenvalue weighted by molar-refractivity contribution is -0.112. The van der Waals surface area contributed by atoms with Gasteiger partial charge in [-0.1, -0.05) is 19.1 Å². The minimum atomic E-state index is -0.411. The van der Waals surface area contributed by atoms with Crippen molar-refractivity contribution in [2.75, 3.05) is 5.32 Å². The molecule has 0 unspecified atom stereocenters. The lowest BCUT2D eigenvalue weighted by Gasteiger charge is -2.05. The zero-order valence-electron chi connectivity index (χ0n) is 11.2. The summed E-state index contributed by atoms with van der Waals surface area (Å²) < 4.78 is 0. The third-order valence-corrected chi connectivity index (χ3v) is 2.91. The van der Waals surface area contributed by atoms with E-state index in [4.69, 9.17) is 5.26 Å². The highest BCUT2D eigenvalue weighted by Crippen LogP contribution is 2.12. The summed E-state index contributed by atoms with van der Waals surface area (Å²) in [6.45, 7) is 2.07. The van der Waals surface area contributed by atoms with Crippen molar-refractivity contribution in [3.63, 3.8) is 0 Å². The fourth-order valence-electron chi connectivity index (χ4n) is 1.76. The van der Waals surface area contributed by atoms with Crippen LogP contribution in [0.15, 0.2) is 48.2 Å². The second-order valence-corrected chi connectivity index (χ2v) is 4.30. The zero-order valence-corrected chi connectivity index (χ0v) is 11.2. The van der Waals surface area contributed by atoms with Gasteiger partial charge < -0.3 is 10.3 Å². The number of hydrogen-bond donors (Lipinski definition) is 2. The summed E-state index contributed by atoms with van der Waals surface area (Å²) in [4.78, 5) is 14.9. The molecule has 2 N–H and O–H groups in total. The van der Waals surface area contributed by atoms with Crippen molar-refractivity contribution in [2.45, 2.75) is 13.3 Å². The maximum Gasteiger partial charge on any atom is 0.266 e. The summed E-state index contributed by atoms with van der Waals surface area (Å²) >= 11 is 0. The number of aromatic amines is 1. The van der Waals surface area contributed by atoms with Crippen LogP contribution in [0.25, 0.3) is 6.08 Å². The first-order chi connectivity index (χ1) is 9.72. The van der Waals surface area contributed by atoms with Crippen LogP contribution in [0.4, 0.5) is 5.69 Å². The Bertz CT molecular complexity index is 646. The first-order valence-electron chi connectivity index (χ1n) is 6.38. The Hall–Kier alpha value is -2.80. The fourth-order valence-corrected chi connectivity index (χ4v) is 1.76. The van der Waals surface area contributed by atoms with Crippen LogP contribution in [0.3, 0.4) is 0 Å². The summed E-state index contributed by atoms with van der Waals surface area (Å²) in [6.07, 6.45) is 4.21. The predicted molar refractivity (Wildman–Crippen MR) is 78.8 cm³/mol. The summed E-state index contributed by atoms with van der Waals surface area (Å²) in [5, 5.41) is 11.8. The number of carbonyl (C=O) groups is 1. The van der Waals surface area contributed by atoms with Crippen LogP contribution in [0.5, 0.6) is 0 Å². The molecule has 0 fully saturated rings. The van der Waals surface area contributed by atoms with E-state index in [1.165, 1.54) is 11.6 Å². The molecule has 2 aromatic rings. The van der Waals surface area contributed by atoms with Gasteiger partial charge in [-0.2, -0.15) is 5.26 Å². The number of aromatic nitrogens is 1. The van der Waals surface area contributed by atoms with E-state index in [9.17, 15) is 4.79 Å². The van der Waals surface area contributed by atoms with Crippen molar-refractivity contribution < 1.29 is 4.79 Å². The molecule has 0 aliphatic carbocycles. The Labute approximate surface area is 117 Å². The van der Waals surface area contributed by atoms with Gasteiger partial charge in [0.25, 0.3) is 5.91 Å². The van der Waals surface area contributed by atoms with Crippen molar-refractivity contribution in [2.24, 2.45) is 0 Å². The summed E-state index contributed by atoms with van der Waals surface area (Å²) in [7, 11) is 0. The topological polar surface area (TPSA) is 68.7 Å². The second kappa shape index (κ2) is 6.39. The molecule has 0 spiro atoms. The van der Waals surface area contributed by atoms with E-state index in [1.807, 2.05) is 36.4 Å². The zero-order chi connectivity index (χ0) is 14.4. The van der Waals surface area contributed by atoms with Gasteiger partial charge in [0.05, 0.1) is 0 Å². The number of benzene rings is 1. The van der Waals surface area contributed by atoms with Crippen LogP contribution in [0.1, 0.15) is 18.2 Å². The molecule has 4 nitrogen and oxygen atoms in total. The number of aryl methyl sites for hydroxylation is 1. The third-order valence-electron chi connectivity index (χ3n) is 2.91. The van der Waals surface area contributed by atoms with Crippen molar-refractivity contribution >= 4 is 17.7 Å². The van der Waals surface area contributed by atoms with Crippen LogP contribution in [0, 0.1) is 11.3 Å². The monoisotopic (exact) mass is 265 g/mol. The number of rotatable bonds is 4. The number of H-pyrrole nitrogens is 1. The van der Waals surface area contributed by atoms with Crippen molar-refractivity contribution in [3.8, 4) is 6.07 Å². The van der Waals surface area contributed by atoms with Crippen molar-refractivity contribution in [3.05, 3.63) is 59.4 Å². The minimum Gasteiger partial charge on any atom is -0.362 e. The molecule has 0 aliphatic rings. The molecular formula is C16H15N3O. The summed E-state index contributed by atoms with van der Waals surface area (Å²) in [5.41, 5.74) is 2.66.